The standard InChI is InChI=1S/C20H23FN2O3S/c21-16-7-4-8-18(14-16)23-27(25,26)19-11-9-17(10-12-19)22-20(24)13-15-5-2-1-3-6-15/h4,7-12,14-15,23H,1-3,5-6,13H2,(H,22,24). The normalized spacial score (nSPS) is 15.3. The predicted molar refractivity (Wildman–Crippen MR) is 103 cm³/mol. The van der Waals surface area contributed by atoms with Crippen LogP contribution in [-0.4, -0.2) is 14.3 Å². The first-order valence-electron chi connectivity index (χ1n) is 9.11. The smallest absolute Gasteiger partial charge is 0.261 e. The molecule has 2 aromatic rings. The molecule has 3 rings (SSSR count). The van der Waals surface area contributed by atoms with E-state index in [0.29, 0.717) is 18.0 Å². The van der Waals surface area contributed by atoms with Gasteiger partial charge >= 0.3 is 0 Å². The van der Waals surface area contributed by atoms with E-state index in [1.807, 2.05) is 0 Å². The molecule has 1 saturated carbocycles. The van der Waals surface area contributed by atoms with Crippen molar-refractivity contribution >= 4 is 27.3 Å². The van der Waals surface area contributed by atoms with Gasteiger partial charge in [-0.1, -0.05) is 25.3 Å². The molecule has 0 saturated heterocycles. The number of amides is 1. The zero-order valence-electron chi connectivity index (χ0n) is 14.9. The summed E-state index contributed by atoms with van der Waals surface area (Å²) in [4.78, 5) is 12.2. The molecule has 1 aliphatic carbocycles. The van der Waals surface area contributed by atoms with Crippen molar-refractivity contribution < 1.29 is 17.6 Å². The molecule has 0 aromatic heterocycles. The summed E-state index contributed by atoms with van der Waals surface area (Å²) in [6, 6.07) is 11.2. The Bertz CT molecular complexity index is 892. The lowest BCUT2D eigenvalue weighted by Crippen LogP contribution is -2.18. The highest BCUT2D eigenvalue weighted by Crippen LogP contribution is 2.27. The zero-order chi connectivity index (χ0) is 19.3. The molecule has 0 aliphatic heterocycles. The molecular formula is C20H23FN2O3S. The van der Waals surface area contributed by atoms with Gasteiger partial charge in [0.15, 0.2) is 0 Å². The van der Waals surface area contributed by atoms with Crippen molar-refractivity contribution in [1.29, 1.82) is 0 Å². The van der Waals surface area contributed by atoms with Crippen LogP contribution in [0.1, 0.15) is 38.5 Å². The first-order valence-corrected chi connectivity index (χ1v) is 10.6. The molecule has 0 bridgehead atoms. The molecule has 0 unspecified atom stereocenters. The lowest BCUT2D eigenvalue weighted by atomic mass is 9.87. The average Bonchev–Trinajstić information content (AvgIpc) is 2.62. The maximum Gasteiger partial charge on any atom is 0.261 e. The quantitative estimate of drug-likeness (QED) is 0.761. The highest BCUT2D eigenvalue weighted by Gasteiger charge is 2.18. The van der Waals surface area contributed by atoms with E-state index in [9.17, 15) is 17.6 Å². The minimum atomic E-state index is -3.83. The second kappa shape index (κ2) is 8.52. The van der Waals surface area contributed by atoms with Crippen molar-refractivity contribution in [2.45, 2.75) is 43.4 Å². The number of hydrogen-bond acceptors (Lipinski definition) is 3. The van der Waals surface area contributed by atoms with Gasteiger partial charge < -0.3 is 5.32 Å². The monoisotopic (exact) mass is 390 g/mol. The topological polar surface area (TPSA) is 75.3 Å². The molecule has 144 valence electrons. The number of rotatable bonds is 6. The fourth-order valence-electron chi connectivity index (χ4n) is 3.35. The average molecular weight is 390 g/mol. The van der Waals surface area contributed by atoms with Crippen LogP contribution in [0.4, 0.5) is 15.8 Å². The van der Waals surface area contributed by atoms with Crippen molar-refractivity contribution in [2.24, 2.45) is 5.92 Å². The maximum absolute atomic E-state index is 13.2. The van der Waals surface area contributed by atoms with Crippen LogP contribution in [-0.2, 0) is 14.8 Å². The van der Waals surface area contributed by atoms with Crippen molar-refractivity contribution in [3.63, 3.8) is 0 Å². The minimum Gasteiger partial charge on any atom is -0.326 e. The van der Waals surface area contributed by atoms with E-state index in [4.69, 9.17) is 0 Å². The minimum absolute atomic E-state index is 0.0389. The van der Waals surface area contributed by atoms with Gasteiger partial charge in [0.05, 0.1) is 10.6 Å². The Balaban J connectivity index is 1.61. The first-order chi connectivity index (χ1) is 12.9. The Hall–Kier alpha value is -2.41. The molecule has 0 spiro atoms. The number of sulfonamides is 1. The molecule has 1 fully saturated rings. The molecule has 1 amide bonds. The number of carbonyl (C=O) groups is 1. The van der Waals surface area contributed by atoms with E-state index < -0.39 is 15.8 Å². The second-order valence-electron chi connectivity index (χ2n) is 6.90. The highest BCUT2D eigenvalue weighted by molar-refractivity contribution is 7.92. The first kappa shape index (κ1) is 19.4. The van der Waals surface area contributed by atoms with Crippen molar-refractivity contribution in [1.82, 2.24) is 0 Å². The molecular weight excluding hydrogens is 367 g/mol. The molecule has 0 heterocycles. The van der Waals surface area contributed by atoms with Gasteiger partial charge in [-0.05, 0) is 61.2 Å². The number of hydrogen-bond donors (Lipinski definition) is 2. The molecule has 5 nitrogen and oxygen atoms in total. The summed E-state index contributed by atoms with van der Waals surface area (Å²) >= 11 is 0. The van der Waals surface area contributed by atoms with E-state index in [1.165, 1.54) is 49.6 Å². The van der Waals surface area contributed by atoms with Crippen molar-refractivity contribution in [3.05, 3.63) is 54.3 Å². The lowest BCUT2D eigenvalue weighted by Gasteiger charge is -2.20. The van der Waals surface area contributed by atoms with Crippen LogP contribution >= 0.6 is 0 Å². The molecule has 2 aromatic carbocycles. The second-order valence-corrected chi connectivity index (χ2v) is 8.58. The summed E-state index contributed by atoms with van der Waals surface area (Å²) in [6.07, 6.45) is 6.30. The van der Waals surface area contributed by atoms with Gasteiger partial charge in [-0.2, -0.15) is 0 Å². The maximum atomic E-state index is 13.2. The highest BCUT2D eigenvalue weighted by atomic mass is 32.2. The van der Waals surface area contributed by atoms with Gasteiger partial charge in [-0.25, -0.2) is 12.8 Å². The van der Waals surface area contributed by atoms with Crippen LogP contribution in [0.2, 0.25) is 0 Å². The number of benzene rings is 2. The number of nitrogens with one attached hydrogen (secondary N) is 2. The summed E-state index contributed by atoms with van der Waals surface area (Å²) in [5.41, 5.74) is 0.709. The molecule has 27 heavy (non-hydrogen) atoms. The van der Waals surface area contributed by atoms with Crippen LogP contribution in [0.25, 0.3) is 0 Å². The SMILES string of the molecule is O=C(CC1CCCCC1)Nc1ccc(S(=O)(=O)Nc2cccc(F)c2)cc1. The van der Waals surface area contributed by atoms with Crippen LogP contribution in [0.3, 0.4) is 0 Å². The van der Waals surface area contributed by atoms with Gasteiger partial charge in [0.25, 0.3) is 10.0 Å². The molecule has 2 N–H and O–H groups in total. The Morgan fingerprint density at radius 2 is 1.70 bits per heavy atom. The predicted octanol–water partition coefficient (Wildman–Crippen LogP) is 4.54. The lowest BCUT2D eigenvalue weighted by molar-refractivity contribution is -0.117. The summed E-state index contributed by atoms with van der Waals surface area (Å²) in [5.74, 6) is -0.129. The van der Waals surface area contributed by atoms with E-state index in [2.05, 4.69) is 10.0 Å². The Morgan fingerprint density at radius 3 is 2.37 bits per heavy atom. The van der Waals surface area contributed by atoms with Crippen LogP contribution < -0.4 is 10.0 Å². The summed E-state index contributed by atoms with van der Waals surface area (Å²) in [5, 5.41) is 2.82. The summed E-state index contributed by atoms with van der Waals surface area (Å²) < 4.78 is 40.3. The Morgan fingerprint density at radius 1 is 1.00 bits per heavy atom. The van der Waals surface area contributed by atoms with Crippen molar-refractivity contribution in [3.8, 4) is 0 Å². The zero-order valence-corrected chi connectivity index (χ0v) is 15.8. The Kier molecular flexibility index (Phi) is 6.11. The van der Waals surface area contributed by atoms with Crippen LogP contribution in [0.5, 0.6) is 0 Å². The van der Waals surface area contributed by atoms with E-state index in [0.717, 1.165) is 18.9 Å². The van der Waals surface area contributed by atoms with Crippen LogP contribution in [0, 0.1) is 11.7 Å². The van der Waals surface area contributed by atoms with Gasteiger partial charge in [-0.15, -0.1) is 0 Å². The van der Waals surface area contributed by atoms with E-state index in [-0.39, 0.29) is 16.5 Å². The third kappa shape index (κ3) is 5.53. The molecule has 0 atom stereocenters. The van der Waals surface area contributed by atoms with Gasteiger partial charge in [0, 0.05) is 12.1 Å². The molecule has 7 heteroatoms. The van der Waals surface area contributed by atoms with Gasteiger partial charge in [0.1, 0.15) is 5.82 Å². The number of anilines is 2. The third-order valence-corrected chi connectivity index (χ3v) is 6.12. The number of halogens is 1. The summed E-state index contributed by atoms with van der Waals surface area (Å²) in [6.45, 7) is 0. The van der Waals surface area contributed by atoms with E-state index in [1.54, 1.807) is 12.1 Å². The Labute approximate surface area is 159 Å². The van der Waals surface area contributed by atoms with Gasteiger partial charge in [0.2, 0.25) is 5.91 Å². The summed E-state index contributed by atoms with van der Waals surface area (Å²) in [7, 11) is -3.83. The fourth-order valence-corrected chi connectivity index (χ4v) is 4.40. The largest absolute Gasteiger partial charge is 0.326 e. The molecule has 1 aliphatic rings. The van der Waals surface area contributed by atoms with E-state index >= 15 is 0 Å². The van der Waals surface area contributed by atoms with Gasteiger partial charge in [-0.3, -0.25) is 9.52 Å². The van der Waals surface area contributed by atoms with Crippen LogP contribution in [0.15, 0.2) is 53.4 Å². The fraction of sp³-hybridized carbons (Fsp3) is 0.350. The molecule has 0 radical (unpaired) electrons. The third-order valence-electron chi connectivity index (χ3n) is 4.72. The van der Waals surface area contributed by atoms with Crippen molar-refractivity contribution in [2.75, 3.05) is 10.0 Å². The number of carbonyl (C=O) groups excluding carboxylic acids is 1.